The highest BCUT2D eigenvalue weighted by Crippen LogP contribution is 2.34. The predicted molar refractivity (Wildman–Crippen MR) is 65.1 cm³/mol. The van der Waals surface area contributed by atoms with Crippen LogP contribution in [0.4, 0.5) is 26.3 Å². The molecule has 11 heteroatoms. The van der Waals surface area contributed by atoms with Crippen molar-refractivity contribution in [2.75, 3.05) is 13.7 Å². The molecule has 0 radical (unpaired) electrons. The van der Waals surface area contributed by atoms with E-state index in [2.05, 4.69) is 4.98 Å². The predicted octanol–water partition coefficient (Wildman–Crippen LogP) is 2.65. The van der Waals surface area contributed by atoms with Crippen molar-refractivity contribution in [2.45, 2.75) is 12.4 Å². The largest absolute Gasteiger partial charge is 0.493 e. The van der Waals surface area contributed by atoms with E-state index in [0.29, 0.717) is 0 Å². The Morgan fingerprint density at radius 3 is 2.48 bits per heavy atom. The number of fused-ring (bicyclic) bond motifs is 1. The molecule has 1 N–H and O–H groups in total. The number of rotatable bonds is 3. The van der Waals surface area contributed by atoms with Crippen molar-refractivity contribution in [2.24, 2.45) is 0 Å². The molecular formula is C12H9F6N3O2. The maximum atomic E-state index is 13.0. The summed E-state index contributed by atoms with van der Waals surface area (Å²) < 4.78 is 81.1. The molecule has 2 rings (SSSR count). The Hall–Kier alpha value is -2.46. The Balaban J connectivity index is 2.58. The van der Waals surface area contributed by atoms with E-state index in [-0.39, 0.29) is 11.4 Å². The summed E-state index contributed by atoms with van der Waals surface area (Å²) in [6.45, 7) is -1.76. The number of imidazole rings is 1. The smallest absolute Gasteiger partial charge is 0.435 e. The molecule has 2 heterocycles. The van der Waals surface area contributed by atoms with Gasteiger partial charge in [-0.1, -0.05) is 0 Å². The number of hydrogen-bond donors (Lipinski definition) is 1. The van der Waals surface area contributed by atoms with E-state index in [1.165, 1.54) is 24.6 Å². The van der Waals surface area contributed by atoms with Crippen LogP contribution in [-0.4, -0.2) is 35.1 Å². The number of ether oxygens (including phenoxy) is 1. The number of nitrogens with one attached hydrogen (secondary N) is 1. The first-order valence-corrected chi connectivity index (χ1v) is 6.02. The number of alkyl halides is 6. The maximum Gasteiger partial charge on any atom is 0.435 e. The molecule has 2 aromatic rings. The first kappa shape index (κ1) is 16.9. The van der Waals surface area contributed by atoms with Gasteiger partial charge in [0.05, 0.1) is 7.11 Å². The second-order valence-corrected chi connectivity index (χ2v) is 4.37. The molecule has 0 fully saturated rings. The van der Waals surface area contributed by atoms with Crippen molar-refractivity contribution < 1.29 is 35.9 Å². The zero-order chi connectivity index (χ0) is 17.4. The van der Waals surface area contributed by atoms with Gasteiger partial charge >= 0.3 is 12.4 Å². The van der Waals surface area contributed by atoms with E-state index in [1.54, 1.807) is 0 Å². The lowest BCUT2D eigenvalue weighted by atomic mass is 10.3. The monoisotopic (exact) mass is 341 g/mol. The Morgan fingerprint density at radius 2 is 1.96 bits per heavy atom. The molecule has 23 heavy (non-hydrogen) atoms. The molecule has 1 amide bonds. The van der Waals surface area contributed by atoms with Crippen LogP contribution in [0, 0.1) is 0 Å². The standard InChI is InChI=1S/C12H9F6N3O2/c1-23-6-3-2-4-21-7(10(22)19-5-11(13,14)15)8(12(16,17)18)20-9(6)21/h2-4H,5H2,1H3,(H,19,22). The summed E-state index contributed by atoms with van der Waals surface area (Å²) in [6.07, 6.45) is -8.71. The normalized spacial score (nSPS) is 12.5. The topological polar surface area (TPSA) is 55.6 Å². The molecule has 0 atom stereocenters. The Labute approximate surface area is 124 Å². The number of pyridine rings is 1. The highest BCUT2D eigenvalue weighted by atomic mass is 19.4. The van der Waals surface area contributed by atoms with Crippen LogP contribution < -0.4 is 10.1 Å². The van der Waals surface area contributed by atoms with E-state index in [1.807, 2.05) is 0 Å². The van der Waals surface area contributed by atoms with Crippen LogP contribution in [0.1, 0.15) is 16.2 Å². The van der Waals surface area contributed by atoms with Gasteiger partial charge in [-0.3, -0.25) is 9.20 Å². The van der Waals surface area contributed by atoms with Gasteiger partial charge in [0.2, 0.25) is 0 Å². The van der Waals surface area contributed by atoms with Gasteiger partial charge in [-0.05, 0) is 12.1 Å². The number of methoxy groups -OCH3 is 1. The van der Waals surface area contributed by atoms with E-state index in [9.17, 15) is 31.1 Å². The van der Waals surface area contributed by atoms with Crippen molar-refractivity contribution in [1.29, 1.82) is 0 Å². The second-order valence-electron chi connectivity index (χ2n) is 4.37. The molecule has 0 saturated heterocycles. The van der Waals surface area contributed by atoms with Gasteiger partial charge in [-0.25, -0.2) is 4.98 Å². The SMILES string of the molecule is COc1cccn2c(C(=O)NCC(F)(F)F)c(C(F)(F)F)nc12. The molecule has 0 saturated carbocycles. The molecule has 0 aliphatic carbocycles. The number of amides is 1. The molecule has 0 aliphatic heterocycles. The van der Waals surface area contributed by atoms with Crippen molar-refractivity contribution in [1.82, 2.24) is 14.7 Å². The molecule has 0 unspecified atom stereocenters. The summed E-state index contributed by atoms with van der Waals surface area (Å²) in [5.41, 5.74) is -2.98. The Bertz CT molecular complexity index is 735. The number of carbonyl (C=O) groups is 1. The minimum absolute atomic E-state index is 0.0622. The van der Waals surface area contributed by atoms with Crippen molar-refractivity contribution in [3.8, 4) is 5.75 Å². The third-order valence-corrected chi connectivity index (χ3v) is 2.77. The molecule has 0 spiro atoms. The maximum absolute atomic E-state index is 13.0. The second kappa shape index (κ2) is 5.63. The number of carbonyl (C=O) groups excluding carboxylic acids is 1. The highest BCUT2D eigenvalue weighted by Gasteiger charge is 2.41. The molecule has 0 aromatic carbocycles. The van der Waals surface area contributed by atoms with Crippen molar-refractivity contribution in [3.63, 3.8) is 0 Å². The molecular weight excluding hydrogens is 332 g/mol. The Kier molecular flexibility index (Phi) is 4.14. The van der Waals surface area contributed by atoms with Gasteiger partial charge < -0.3 is 10.1 Å². The van der Waals surface area contributed by atoms with Gasteiger partial charge in [0, 0.05) is 6.20 Å². The average Bonchev–Trinajstić information content (AvgIpc) is 2.83. The minimum Gasteiger partial charge on any atom is -0.493 e. The molecule has 0 aliphatic rings. The third-order valence-electron chi connectivity index (χ3n) is 2.77. The molecule has 126 valence electrons. The van der Waals surface area contributed by atoms with Gasteiger partial charge in [-0.15, -0.1) is 0 Å². The van der Waals surface area contributed by atoms with E-state index in [0.717, 1.165) is 10.6 Å². The van der Waals surface area contributed by atoms with E-state index in [4.69, 9.17) is 4.74 Å². The summed E-state index contributed by atoms with van der Waals surface area (Å²) in [5, 5.41) is 1.40. The average molecular weight is 341 g/mol. The lowest BCUT2D eigenvalue weighted by Gasteiger charge is -2.10. The summed E-state index contributed by atoms with van der Waals surface area (Å²) in [6, 6.07) is 2.58. The Morgan fingerprint density at radius 1 is 1.30 bits per heavy atom. The van der Waals surface area contributed by atoms with Gasteiger partial charge in [0.25, 0.3) is 5.91 Å². The van der Waals surface area contributed by atoms with Gasteiger partial charge in [0.15, 0.2) is 17.1 Å². The summed E-state index contributed by atoms with van der Waals surface area (Å²) in [5.74, 6) is -1.61. The van der Waals surface area contributed by atoms with Gasteiger partial charge in [0.1, 0.15) is 12.2 Å². The summed E-state index contributed by atoms with van der Waals surface area (Å²) in [7, 11) is 1.18. The van der Waals surface area contributed by atoms with Crippen molar-refractivity contribution in [3.05, 3.63) is 29.7 Å². The van der Waals surface area contributed by atoms with E-state index >= 15 is 0 Å². The van der Waals surface area contributed by atoms with Crippen LogP contribution in [0.2, 0.25) is 0 Å². The zero-order valence-corrected chi connectivity index (χ0v) is 11.4. The summed E-state index contributed by atoms with van der Waals surface area (Å²) in [4.78, 5) is 15.1. The van der Waals surface area contributed by atoms with Gasteiger partial charge in [-0.2, -0.15) is 26.3 Å². The fourth-order valence-electron chi connectivity index (χ4n) is 1.88. The zero-order valence-electron chi connectivity index (χ0n) is 11.4. The number of halogens is 6. The molecule has 5 nitrogen and oxygen atoms in total. The highest BCUT2D eigenvalue weighted by molar-refractivity contribution is 5.95. The van der Waals surface area contributed by atoms with Crippen LogP contribution in [0.3, 0.4) is 0 Å². The lowest BCUT2D eigenvalue weighted by Crippen LogP contribution is -2.35. The minimum atomic E-state index is -5.03. The molecule has 0 bridgehead atoms. The van der Waals surface area contributed by atoms with Crippen LogP contribution in [0.15, 0.2) is 18.3 Å². The van der Waals surface area contributed by atoms with E-state index < -0.39 is 36.2 Å². The fraction of sp³-hybridized carbons (Fsp3) is 0.333. The van der Waals surface area contributed by atoms with Crippen LogP contribution in [-0.2, 0) is 6.18 Å². The van der Waals surface area contributed by atoms with Crippen LogP contribution in [0.25, 0.3) is 5.65 Å². The first-order valence-electron chi connectivity index (χ1n) is 6.02. The first-order chi connectivity index (χ1) is 10.5. The third kappa shape index (κ3) is 3.48. The number of aromatic nitrogens is 2. The lowest BCUT2D eigenvalue weighted by molar-refractivity contribution is -0.141. The molecule has 2 aromatic heterocycles. The fourth-order valence-corrected chi connectivity index (χ4v) is 1.88. The van der Waals surface area contributed by atoms with Crippen molar-refractivity contribution >= 4 is 11.6 Å². The quantitative estimate of drug-likeness (QED) is 0.874. The van der Waals surface area contributed by atoms with Crippen LogP contribution in [0.5, 0.6) is 5.75 Å². The number of nitrogens with zero attached hydrogens (tertiary/aromatic N) is 2. The summed E-state index contributed by atoms with van der Waals surface area (Å²) >= 11 is 0. The number of hydrogen-bond acceptors (Lipinski definition) is 3. The van der Waals surface area contributed by atoms with Crippen LogP contribution >= 0.6 is 0 Å².